The van der Waals surface area contributed by atoms with Crippen LogP contribution in [0, 0.1) is 5.41 Å². The zero-order valence-electron chi connectivity index (χ0n) is 16.2. The molecule has 0 unspecified atom stereocenters. The van der Waals surface area contributed by atoms with E-state index in [-0.39, 0.29) is 6.09 Å². The molecule has 0 N–H and O–H groups in total. The molecule has 1 aromatic rings. The van der Waals surface area contributed by atoms with Gasteiger partial charge in [0.1, 0.15) is 0 Å². The van der Waals surface area contributed by atoms with Crippen LogP contribution < -0.4 is 0 Å². The van der Waals surface area contributed by atoms with E-state index in [0.717, 1.165) is 32.5 Å². The van der Waals surface area contributed by atoms with Crippen molar-refractivity contribution in [3.63, 3.8) is 0 Å². The van der Waals surface area contributed by atoms with Crippen molar-refractivity contribution in [1.29, 1.82) is 0 Å². The Bertz CT molecular complexity index is 630. The number of hydrogen-bond donors (Lipinski definition) is 0. The van der Waals surface area contributed by atoms with E-state index in [2.05, 4.69) is 27.7 Å². The number of ether oxygens (including phenoxy) is 1. The summed E-state index contributed by atoms with van der Waals surface area (Å²) in [5, 5.41) is 4.50. The minimum Gasteiger partial charge on any atom is -0.453 e. The van der Waals surface area contributed by atoms with Crippen LogP contribution in [-0.4, -0.2) is 65.0 Å². The van der Waals surface area contributed by atoms with E-state index in [1.165, 1.54) is 51.6 Å². The van der Waals surface area contributed by atoms with Crippen molar-refractivity contribution in [1.82, 2.24) is 19.6 Å². The van der Waals surface area contributed by atoms with Gasteiger partial charge in [0.15, 0.2) is 0 Å². The largest absolute Gasteiger partial charge is 0.453 e. The first-order valence-electron chi connectivity index (χ1n) is 10.2. The normalized spacial score (nSPS) is 29.9. The Morgan fingerprint density at radius 1 is 1.31 bits per heavy atom. The molecule has 0 bridgehead atoms. The lowest BCUT2D eigenvalue weighted by Gasteiger charge is -2.51. The lowest BCUT2D eigenvalue weighted by atomic mass is 9.64. The Hall–Kier alpha value is -1.56. The molecule has 0 radical (unpaired) electrons. The van der Waals surface area contributed by atoms with Crippen LogP contribution in [0.2, 0.25) is 0 Å². The maximum Gasteiger partial charge on any atom is 0.409 e. The van der Waals surface area contributed by atoms with E-state index in [1.807, 2.05) is 11.1 Å². The van der Waals surface area contributed by atoms with Crippen LogP contribution in [0.4, 0.5) is 4.79 Å². The first kappa shape index (κ1) is 17.8. The van der Waals surface area contributed by atoms with Gasteiger partial charge >= 0.3 is 6.09 Å². The summed E-state index contributed by atoms with van der Waals surface area (Å²) in [6.45, 7) is 7.40. The van der Waals surface area contributed by atoms with Gasteiger partial charge in [0, 0.05) is 43.5 Å². The van der Waals surface area contributed by atoms with Gasteiger partial charge in [-0.2, -0.15) is 5.10 Å². The van der Waals surface area contributed by atoms with E-state index in [4.69, 9.17) is 4.74 Å². The zero-order chi connectivity index (χ0) is 18.1. The molecule has 2 saturated heterocycles. The summed E-state index contributed by atoms with van der Waals surface area (Å²) in [6.07, 6.45) is 9.07. The van der Waals surface area contributed by atoms with E-state index in [0.29, 0.717) is 17.4 Å². The van der Waals surface area contributed by atoms with Gasteiger partial charge in [0.2, 0.25) is 0 Å². The van der Waals surface area contributed by atoms with Crippen LogP contribution in [0.5, 0.6) is 0 Å². The van der Waals surface area contributed by atoms with Crippen molar-refractivity contribution < 1.29 is 9.53 Å². The highest BCUT2D eigenvalue weighted by atomic mass is 16.5. The molecule has 144 valence electrons. The molecule has 1 spiro atoms. The molecular formula is C20H32N4O2. The van der Waals surface area contributed by atoms with Crippen molar-refractivity contribution >= 4 is 6.09 Å². The highest BCUT2D eigenvalue weighted by Gasteiger charge is 2.51. The molecule has 3 fully saturated rings. The fourth-order valence-electron chi connectivity index (χ4n) is 5.40. The molecule has 3 heterocycles. The van der Waals surface area contributed by atoms with Crippen molar-refractivity contribution in [2.45, 2.75) is 64.0 Å². The Morgan fingerprint density at radius 2 is 2.08 bits per heavy atom. The van der Waals surface area contributed by atoms with E-state index in [9.17, 15) is 4.79 Å². The fraction of sp³-hybridized carbons (Fsp3) is 0.800. The van der Waals surface area contributed by atoms with Crippen LogP contribution in [-0.2, 0) is 11.3 Å². The molecule has 0 aromatic carbocycles. The second-order valence-electron chi connectivity index (χ2n) is 8.49. The number of amides is 1. The van der Waals surface area contributed by atoms with Crippen molar-refractivity contribution in [3.8, 4) is 0 Å². The van der Waals surface area contributed by atoms with Crippen molar-refractivity contribution in [3.05, 3.63) is 18.0 Å². The quantitative estimate of drug-likeness (QED) is 0.828. The summed E-state index contributed by atoms with van der Waals surface area (Å²) < 4.78 is 7.09. The fourth-order valence-corrected chi connectivity index (χ4v) is 5.40. The van der Waals surface area contributed by atoms with Crippen LogP contribution in [0.3, 0.4) is 0 Å². The maximum atomic E-state index is 11.7. The molecule has 0 atom stereocenters. The van der Waals surface area contributed by atoms with Crippen molar-refractivity contribution in [2.75, 3.05) is 33.3 Å². The third kappa shape index (κ3) is 3.24. The van der Waals surface area contributed by atoms with E-state index >= 15 is 0 Å². The van der Waals surface area contributed by atoms with Crippen LogP contribution in [0.15, 0.2) is 12.3 Å². The number of aryl methyl sites for hydroxylation is 1. The number of piperidine rings is 1. The first-order chi connectivity index (χ1) is 12.6. The van der Waals surface area contributed by atoms with Crippen molar-refractivity contribution in [2.24, 2.45) is 5.41 Å². The summed E-state index contributed by atoms with van der Waals surface area (Å²) in [5.41, 5.74) is 1.80. The van der Waals surface area contributed by atoms with Crippen LogP contribution in [0.1, 0.15) is 57.1 Å². The summed E-state index contributed by atoms with van der Waals surface area (Å²) in [4.78, 5) is 16.3. The number of aromatic nitrogens is 2. The van der Waals surface area contributed by atoms with Gasteiger partial charge in [0.25, 0.3) is 0 Å². The number of carbonyl (C=O) groups excluding carboxylic acids is 1. The predicted octanol–water partition coefficient (Wildman–Crippen LogP) is 3.09. The summed E-state index contributed by atoms with van der Waals surface area (Å²) in [5.74, 6) is 0.663. The number of methoxy groups -OCH3 is 1. The number of hydrogen-bond acceptors (Lipinski definition) is 4. The van der Waals surface area contributed by atoms with Gasteiger partial charge in [0.05, 0.1) is 7.11 Å². The second kappa shape index (κ2) is 7.22. The highest BCUT2D eigenvalue weighted by molar-refractivity contribution is 5.67. The van der Waals surface area contributed by atoms with Gasteiger partial charge in [-0.3, -0.25) is 4.68 Å². The summed E-state index contributed by atoms with van der Waals surface area (Å²) in [7, 11) is 1.48. The van der Waals surface area contributed by atoms with Crippen LogP contribution >= 0.6 is 0 Å². The Morgan fingerprint density at radius 3 is 2.77 bits per heavy atom. The first-order valence-corrected chi connectivity index (χ1v) is 10.2. The Kier molecular flexibility index (Phi) is 4.95. The molecule has 1 aromatic heterocycles. The Labute approximate surface area is 156 Å². The van der Waals surface area contributed by atoms with Gasteiger partial charge in [-0.15, -0.1) is 0 Å². The molecule has 1 saturated carbocycles. The lowest BCUT2D eigenvalue weighted by Crippen LogP contribution is -2.54. The summed E-state index contributed by atoms with van der Waals surface area (Å²) >= 11 is 0. The van der Waals surface area contributed by atoms with Crippen LogP contribution in [0.25, 0.3) is 0 Å². The lowest BCUT2D eigenvalue weighted by molar-refractivity contribution is -0.00465. The van der Waals surface area contributed by atoms with E-state index < -0.39 is 0 Å². The number of carbonyl (C=O) groups is 1. The molecule has 4 rings (SSSR count). The average Bonchev–Trinajstić information content (AvgIpc) is 3.28. The van der Waals surface area contributed by atoms with E-state index in [1.54, 1.807) is 0 Å². The molecule has 3 aliphatic rings. The zero-order valence-corrected chi connectivity index (χ0v) is 16.2. The number of likely N-dealkylation sites (tertiary alicyclic amines) is 2. The number of rotatable bonds is 4. The third-order valence-corrected chi connectivity index (χ3v) is 6.86. The topological polar surface area (TPSA) is 50.6 Å². The third-order valence-electron chi connectivity index (χ3n) is 6.86. The average molecular weight is 361 g/mol. The molecular weight excluding hydrogens is 328 g/mol. The minimum absolute atomic E-state index is 0.158. The Balaban J connectivity index is 1.27. The molecule has 6 nitrogen and oxygen atoms in total. The number of nitrogens with zero attached hydrogens (tertiary/aromatic N) is 4. The molecule has 1 amide bonds. The van der Waals surface area contributed by atoms with Gasteiger partial charge < -0.3 is 14.5 Å². The molecule has 1 aliphatic carbocycles. The predicted molar refractivity (Wildman–Crippen MR) is 100 cm³/mol. The van der Waals surface area contributed by atoms with Gasteiger partial charge in [-0.25, -0.2) is 4.79 Å². The molecule has 6 heteroatoms. The summed E-state index contributed by atoms with van der Waals surface area (Å²) in [6, 6.07) is 2.93. The smallest absolute Gasteiger partial charge is 0.409 e. The molecule has 26 heavy (non-hydrogen) atoms. The van der Waals surface area contributed by atoms with Gasteiger partial charge in [-0.05, 0) is 63.1 Å². The standard InChI is InChI=1S/C20H32N4O2/c1-3-9-24-18(4-8-21-24)16-5-10-22(11-6-16)17-13-20(14-17)7-12-23(15-20)19(25)26-2/h4,8,16-17H,3,5-7,9-15H2,1-2H3. The molecule has 2 aliphatic heterocycles. The monoisotopic (exact) mass is 360 g/mol. The second-order valence-corrected chi connectivity index (χ2v) is 8.49. The maximum absolute atomic E-state index is 11.7. The highest BCUT2D eigenvalue weighted by Crippen LogP contribution is 2.51. The SMILES string of the molecule is CCCn1nccc1C1CCN(C2CC3(CCN(C(=O)OC)C3)C2)CC1. The minimum atomic E-state index is -0.158. The van der Waals surface area contributed by atoms with Gasteiger partial charge in [-0.1, -0.05) is 6.92 Å².